The first-order valence-electron chi connectivity index (χ1n) is 6.05. The summed E-state index contributed by atoms with van der Waals surface area (Å²) in [6, 6.07) is 5.63. The van der Waals surface area contributed by atoms with Gasteiger partial charge >= 0.3 is 0 Å². The maximum atomic E-state index is 11.9. The van der Waals surface area contributed by atoms with Gasteiger partial charge in [-0.2, -0.15) is 0 Å². The van der Waals surface area contributed by atoms with E-state index >= 15 is 0 Å². The van der Waals surface area contributed by atoms with Crippen molar-refractivity contribution in [3.8, 4) is 5.75 Å². The number of ketones is 1. The number of benzene rings is 1. The molecule has 0 radical (unpaired) electrons. The molecular weight excluding hydrogens is 256 g/mol. The van der Waals surface area contributed by atoms with Crippen molar-refractivity contribution in [3.05, 3.63) is 56.8 Å². The SMILES string of the molecule is Cc1csc(C(=O)/C=C/c2cc(C)c(O)c(C)c2)c1. The second kappa shape index (κ2) is 5.41. The Morgan fingerprint density at radius 1 is 1.16 bits per heavy atom. The number of rotatable bonds is 3. The molecule has 98 valence electrons. The number of hydrogen-bond acceptors (Lipinski definition) is 3. The Hall–Kier alpha value is -1.87. The molecule has 3 heteroatoms. The van der Waals surface area contributed by atoms with Crippen LogP contribution in [0.25, 0.3) is 6.08 Å². The second-order valence-corrected chi connectivity index (χ2v) is 5.60. The van der Waals surface area contributed by atoms with Crippen LogP contribution in [0.1, 0.15) is 31.9 Å². The number of carbonyl (C=O) groups is 1. The van der Waals surface area contributed by atoms with Crippen LogP contribution in [0.5, 0.6) is 5.75 Å². The van der Waals surface area contributed by atoms with Crippen molar-refractivity contribution in [3.63, 3.8) is 0 Å². The molecule has 2 rings (SSSR count). The minimum atomic E-state index is 0.0153. The fraction of sp³-hybridized carbons (Fsp3) is 0.188. The minimum absolute atomic E-state index is 0.0153. The van der Waals surface area contributed by atoms with E-state index in [0.717, 1.165) is 27.1 Å². The maximum absolute atomic E-state index is 11.9. The van der Waals surface area contributed by atoms with Gasteiger partial charge in [0.15, 0.2) is 5.78 Å². The highest BCUT2D eigenvalue weighted by molar-refractivity contribution is 7.12. The second-order valence-electron chi connectivity index (χ2n) is 4.69. The smallest absolute Gasteiger partial charge is 0.195 e. The first-order chi connectivity index (χ1) is 8.97. The van der Waals surface area contributed by atoms with E-state index in [1.807, 2.05) is 44.4 Å². The lowest BCUT2D eigenvalue weighted by atomic mass is 10.0. The Balaban J connectivity index is 2.21. The topological polar surface area (TPSA) is 37.3 Å². The van der Waals surface area contributed by atoms with Crippen LogP contribution in [-0.2, 0) is 0 Å². The highest BCUT2D eigenvalue weighted by Crippen LogP contribution is 2.23. The molecule has 0 atom stereocenters. The largest absolute Gasteiger partial charge is 0.507 e. The Labute approximate surface area is 117 Å². The third kappa shape index (κ3) is 3.12. The molecule has 1 aromatic carbocycles. The number of aromatic hydroxyl groups is 1. The summed E-state index contributed by atoms with van der Waals surface area (Å²) < 4.78 is 0. The molecule has 2 nitrogen and oxygen atoms in total. The van der Waals surface area contributed by atoms with Crippen molar-refractivity contribution in [2.75, 3.05) is 0 Å². The summed E-state index contributed by atoms with van der Waals surface area (Å²) in [4.78, 5) is 12.7. The van der Waals surface area contributed by atoms with Crippen LogP contribution in [0.15, 0.2) is 29.7 Å². The fourth-order valence-corrected chi connectivity index (χ4v) is 2.72. The Morgan fingerprint density at radius 3 is 2.32 bits per heavy atom. The molecule has 0 aliphatic rings. The van der Waals surface area contributed by atoms with Gasteiger partial charge in [-0.25, -0.2) is 0 Å². The number of carbonyl (C=O) groups excluding carboxylic acids is 1. The predicted molar refractivity (Wildman–Crippen MR) is 80.0 cm³/mol. The van der Waals surface area contributed by atoms with Gasteiger partial charge in [-0.15, -0.1) is 11.3 Å². The van der Waals surface area contributed by atoms with E-state index < -0.39 is 0 Å². The zero-order valence-electron chi connectivity index (χ0n) is 11.2. The normalized spacial score (nSPS) is 11.1. The van der Waals surface area contributed by atoms with Crippen LogP contribution in [0.2, 0.25) is 0 Å². The molecule has 0 spiro atoms. The lowest BCUT2D eigenvalue weighted by molar-refractivity contribution is 0.105. The Kier molecular flexibility index (Phi) is 3.86. The fourth-order valence-electron chi connectivity index (χ4n) is 1.90. The van der Waals surface area contributed by atoms with Crippen molar-refractivity contribution in [1.82, 2.24) is 0 Å². The molecule has 0 unspecified atom stereocenters. The Bertz CT molecular complexity index is 628. The molecule has 2 aromatic rings. The van der Waals surface area contributed by atoms with Gasteiger partial charge in [0.05, 0.1) is 4.88 Å². The van der Waals surface area contributed by atoms with E-state index in [4.69, 9.17) is 0 Å². The van der Waals surface area contributed by atoms with Crippen molar-refractivity contribution in [2.24, 2.45) is 0 Å². The van der Waals surface area contributed by atoms with Crippen LogP contribution in [0.4, 0.5) is 0 Å². The molecule has 19 heavy (non-hydrogen) atoms. The Morgan fingerprint density at radius 2 is 1.79 bits per heavy atom. The highest BCUT2D eigenvalue weighted by Gasteiger charge is 2.05. The van der Waals surface area contributed by atoms with Gasteiger partial charge in [-0.05, 0) is 72.7 Å². The summed E-state index contributed by atoms with van der Waals surface area (Å²) in [5.41, 5.74) is 3.67. The average molecular weight is 272 g/mol. The summed E-state index contributed by atoms with van der Waals surface area (Å²) in [6.07, 6.45) is 3.37. The summed E-state index contributed by atoms with van der Waals surface area (Å²) in [5.74, 6) is 0.332. The maximum Gasteiger partial charge on any atom is 0.195 e. The van der Waals surface area contributed by atoms with Crippen molar-refractivity contribution in [1.29, 1.82) is 0 Å². The molecule has 1 N–H and O–H groups in total. The molecule has 0 amide bonds. The van der Waals surface area contributed by atoms with Crippen LogP contribution < -0.4 is 0 Å². The van der Waals surface area contributed by atoms with Gasteiger partial charge in [0, 0.05) is 0 Å². The summed E-state index contributed by atoms with van der Waals surface area (Å²) in [6.45, 7) is 5.68. The van der Waals surface area contributed by atoms with Crippen LogP contribution in [0, 0.1) is 20.8 Å². The van der Waals surface area contributed by atoms with Gasteiger partial charge in [0.25, 0.3) is 0 Å². The standard InChI is InChI=1S/C16H16O2S/c1-10-6-15(19-9-10)14(17)5-4-13-7-11(2)16(18)12(3)8-13/h4-9,18H,1-3H3/b5-4+. The molecule has 0 fully saturated rings. The zero-order valence-corrected chi connectivity index (χ0v) is 12.0. The first kappa shape index (κ1) is 13.6. The van der Waals surface area contributed by atoms with Crippen molar-refractivity contribution >= 4 is 23.2 Å². The first-order valence-corrected chi connectivity index (χ1v) is 6.93. The van der Waals surface area contributed by atoms with E-state index in [9.17, 15) is 9.90 Å². The van der Waals surface area contributed by atoms with Gasteiger partial charge in [0.1, 0.15) is 5.75 Å². The molecule has 0 saturated heterocycles. The quantitative estimate of drug-likeness (QED) is 0.669. The predicted octanol–water partition coefficient (Wildman–Crippen LogP) is 4.28. The van der Waals surface area contributed by atoms with Gasteiger partial charge in [-0.3, -0.25) is 4.79 Å². The van der Waals surface area contributed by atoms with Crippen LogP contribution in [-0.4, -0.2) is 10.9 Å². The van der Waals surface area contributed by atoms with E-state index in [1.165, 1.54) is 11.3 Å². The molecule has 0 aliphatic heterocycles. The number of phenolic OH excluding ortho intramolecular Hbond substituents is 1. The van der Waals surface area contributed by atoms with Crippen LogP contribution in [0.3, 0.4) is 0 Å². The van der Waals surface area contributed by atoms with Crippen molar-refractivity contribution < 1.29 is 9.90 Å². The minimum Gasteiger partial charge on any atom is -0.507 e. The third-order valence-corrected chi connectivity index (χ3v) is 3.98. The number of aryl methyl sites for hydroxylation is 3. The van der Waals surface area contributed by atoms with Crippen LogP contribution >= 0.6 is 11.3 Å². The molecule has 0 saturated carbocycles. The highest BCUT2D eigenvalue weighted by atomic mass is 32.1. The van der Waals surface area contributed by atoms with E-state index in [-0.39, 0.29) is 5.78 Å². The number of hydrogen-bond donors (Lipinski definition) is 1. The monoisotopic (exact) mass is 272 g/mol. The van der Waals surface area contributed by atoms with Crippen molar-refractivity contribution in [2.45, 2.75) is 20.8 Å². The van der Waals surface area contributed by atoms with E-state index in [2.05, 4.69) is 0 Å². The number of thiophene rings is 1. The zero-order chi connectivity index (χ0) is 14.0. The van der Waals surface area contributed by atoms with E-state index in [1.54, 1.807) is 12.2 Å². The molecule has 1 heterocycles. The van der Waals surface area contributed by atoms with E-state index in [0.29, 0.717) is 5.75 Å². The molecule has 0 bridgehead atoms. The molecule has 0 aliphatic carbocycles. The average Bonchev–Trinajstić information content (AvgIpc) is 2.79. The number of allylic oxidation sites excluding steroid dienone is 1. The lowest BCUT2D eigenvalue weighted by Gasteiger charge is -2.04. The van der Waals surface area contributed by atoms with Gasteiger partial charge < -0.3 is 5.11 Å². The number of phenols is 1. The summed E-state index contributed by atoms with van der Waals surface area (Å²) in [5, 5.41) is 11.7. The lowest BCUT2D eigenvalue weighted by Crippen LogP contribution is -1.89. The molecular formula is C16H16O2S. The summed E-state index contributed by atoms with van der Waals surface area (Å²) >= 11 is 1.46. The summed E-state index contributed by atoms with van der Waals surface area (Å²) in [7, 11) is 0. The van der Waals surface area contributed by atoms with Gasteiger partial charge in [0.2, 0.25) is 0 Å². The third-order valence-electron chi connectivity index (χ3n) is 2.91. The molecule has 1 aromatic heterocycles. The van der Waals surface area contributed by atoms with Gasteiger partial charge in [-0.1, -0.05) is 6.08 Å².